The first-order valence-corrected chi connectivity index (χ1v) is 7.38. The monoisotopic (exact) mass is 321 g/mol. The first-order chi connectivity index (χ1) is 10.5. The second kappa shape index (κ2) is 7.26. The van der Waals surface area contributed by atoms with Gasteiger partial charge in [-0.25, -0.2) is 9.59 Å². The molecule has 1 aromatic rings. The minimum atomic E-state index is -0.918. The Balaban J connectivity index is 3.07. The van der Waals surface area contributed by atoms with Gasteiger partial charge in [-0.1, -0.05) is 0 Å². The molecule has 6 nitrogen and oxygen atoms in total. The highest BCUT2D eigenvalue weighted by atomic mass is 16.6. The van der Waals surface area contributed by atoms with E-state index in [9.17, 15) is 14.4 Å². The quantitative estimate of drug-likeness (QED) is 0.522. The van der Waals surface area contributed by atoms with Crippen molar-refractivity contribution >= 4 is 23.5 Å². The molecule has 0 atom stereocenters. The van der Waals surface area contributed by atoms with Gasteiger partial charge in [0.1, 0.15) is 5.60 Å². The smallest absolute Gasteiger partial charge is 0.412 e. The highest BCUT2D eigenvalue weighted by Gasteiger charge is 2.21. The summed E-state index contributed by atoms with van der Waals surface area (Å²) in [7, 11) is 0. The van der Waals surface area contributed by atoms with Crippen LogP contribution in [0.3, 0.4) is 0 Å². The van der Waals surface area contributed by atoms with E-state index < -0.39 is 23.4 Å². The van der Waals surface area contributed by atoms with Crippen LogP contribution in [0.1, 0.15) is 49.2 Å². The van der Waals surface area contributed by atoms with Gasteiger partial charge in [0, 0.05) is 11.3 Å². The zero-order chi connectivity index (χ0) is 17.8. The SMILES string of the molecule is CCOC(=O)C(=O)c1cc(C)c(C)c(NC(=O)OC(C)(C)C)c1. The maximum atomic E-state index is 12.0. The lowest BCUT2D eigenvalue weighted by molar-refractivity contribution is -0.137. The lowest BCUT2D eigenvalue weighted by atomic mass is 10.0. The molecule has 1 amide bonds. The van der Waals surface area contributed by atoms with E-state index in [1.54, 1.807) is 47.6 Å². The van der Waals surface area contributed by atoms with Crippen LogP contribution in [0.5, 0.6) is 0 Å². The van der Waals surface area contributed by atoms with E-state index >= 15 is 0 Å². The van der Waals surface area contributed by atoms with E-state index in [2.05, 4.69) is 5.32 Å². The van der Waals surface area contributed by atoms with Crippen LogP contribution in [0.2, 0.25) is 0 Å². The van der Waals surface area contributed by atoms with Crippen molar-refractivity contribution in [2.24, 2.45) is 0 Å². The van der Waals surface area contributed by atoms with Gasteiger partial charge in [-0.3, -0.25) is 10.1 Å². The van der Waals surface area contributed by atoms with Gasteiger partial charge >= 0.3 is 12.1 Å². The molecule has 126 valence electrons. The Kier molecular flexibility index (Phi) is 5.90. The van der Waals surface area contributed by atoms with Crippen molar-refractivity contribution in [1.82, 2.24) is 0 Å². The fraction of sp³-hybridized carbons (Fsp3) is 0.471. The molecule has 0 unspecified atom stereocenters. The van der Waals surface area contributed by atoms with Crippen LogP contribution in [0, 0.1) is 13.8 Å². The Hall–Kier alpha value is -2.37. The summed E-state index contributed by atoms with van der Waals surface area (Å²) in [5.74, 6) is -1.67. The van der Waals surface area contributed by atoms with Crippen molar-refractivity contribution in [2.45, 2.75) is 47.1 Å². The fourth-order valence-corrected chi connectivity index (χ4v) is 1.85. The standard InChI is InChI=1S/C17H23NO5/c1-7-22-15(20)14(19)12-8-10(2)11(3)13(9-12)18-16(21)23-17(4,5)6/h8-9H,7H2,1-6H3,(H,18,21). The van der Waals surface area contributed by atoms with Gasteiger partial charge < -0.3 is 9.47 Å². The minimum absolute atomic E-state index is 0.123. The zero-order valence-electron chi connectivity index (χ0n) is 14.4. The van der Waals surface area contributed by atoms with E-state index in [0.29, 0.717) is 5.69 Å². The van der Waals surface area contributed by atoms with Crippen LogP contribution in [0.15, 0.2) is 12.1 Å². The number of anilines is 1. The molecule has 1 rings (SSSR count). The Bertz CT molecular complexity index is 629. The van der Waals surface area contributed by atoms with Crippen molar-refractivity contribution in [3.05, 3.63) is 28.8 Å². The van der Waals surface area contributed by atoms with E-state index in [0.717, 1.165) is 11.1 Å². The average Bonchev–Trinajstić information content (AvgIpc) is 2.41. The number of nitrogens with one attached hydrogen (secondary N) is 1. The van der Waals surface area contributed by atoms with Crippen molar-refractivity contribution < 1.29 is 23.9 Å². The van der Waals surface area contributed by atoms with Crippen LogP contribution in [0.25, 0.3) is 0 Å². The molecule has 0 saturated heterocycles. The Labute approximate surface area is 136 Å². The predicted octanol–water partition coefficient (Wildman–Crippen LogP) is 3.40. The number of carbonyl (C=O) groups is 3. The lowest BCUT2D eigenvalue weighted by Crippen LogP contribution is -2.27. The summed E-state index contributed by atoms with van der Waals surface area (Å²) in [5.41, 5.74) is 1.51. The molecule has 0 radical (unpaired) electrons. The molecule has 1 N–H and O–H groups in total. The molecule has 0 spiro atoms. The second-order valence-corrected chi connectivity index (χ2v) is 6.14. The summed E-state index contributed by atoms with van der Waals surface area (Å²) in [6.07, 6.45) is -0.624. The van der Waals surface area contributed by atoms with E-state index in [4.69, 9.17) is 9.47 Å². The number of benzene rings is 1. The number of hydrogen-bond donors (Lipinski definition) is 1. The van der Waals surface area contributed by atoms with Gasteiger partial charge in [-0.15, -0.1) is 0 Å². The molecule has 23 heavy (non-hydrogen) atoms. The topological polar surface area (TPSA) is 81.7 Å². The molecule has 1 aromatic carbocycles. The van der Waals surface area contributed by atoms with Gasteiger partial charge in [0.2, 0.25) is 0 Å². The maximum Gasteiger partial charge on any atom is 0.412 e. The number of ketones is 1. The predicted molar refractivity (Wildman–Crippen MR) is 86.7 cm³/mol. The van der Waals surface area contributed by atoms with E-state index in [-0.39, 0.29) is 12.2 Å². The molecular formula is C17H23NO5. The molecule has 0 aliphatic carbocycles. The maximum absolute atomic E-state index is 12.0. The first-order valence-electron chi connectivity index (χ1n) is 7.38. The molecular weight excluding hydrogens is 298 g/mol. The van der Waals surface area contributed by atoms with Crippen LogP contribution < -0.4 is 5.32 Å². The number of rotatable bonds is 4. The molecule has 6 heteroatoms. The number of amides is 1. The van der Waals surface area contributed by atoms with Gasteiger partial charge in [0.15, 0.2) is 0 Å². The van der Waals surface area contributed by atoms with Crippen molar-refractivity contribution in [1.29, 1.82) is 0 Å². The second-order valence-electron chi connectivity index (χ2n) is 6.14. The molecule has 0 aromatic heterocycles. The van der Waals surface area contributed by atoms with E-state index in [1.165, 1.54) is 6.07 Å². The Morgan fingerprint density at radius 2 is 1.74 bits per heavy atom. The normalized spacial score (nSPS) is 10.9. The van der Waals surface area contributed by atoms with Crippen LogP contribution >= 0.6 is 0 Å². The summed E-state index contributed by atoms with van der Waals surface area (Å²) in [6.45, 7) is 10.6. The zero-order valence-corrected chi connectivity index (χ0v) is 14.4. The number of ether oxygens (including phenoxy) is 2. The number of aryl methyl sites for hydroxylation is 1. The van der Waals surface area contributed by atoms with E-state index in [1.807, 2.05) is 0 Å². The number of esters is 1. The van der Waals surface area contributed by atoms with Crippen molar-refractivity contribution in [3.63, 3.8) is 0 Å². The molecule has 0 aliphatic heterocycles. The summed E-state index contributed by atoms with van der Waals surface area (Å²) >= 11 is 0. The summed E-state index contributed by atoms with van der Waals surface area (Å²) < 4.78 is 9.91. The highest BCUT2D eigenvalue weighted by Crippen LogP contribution is 2.23. The first kappa shape index (κ1) is 18.7. The Morgan fingerprint density at radius 1 is 1.13 bits per heavy atom. The number of Topliss-reactive ketones (excluding diaryl/α,β-unsaturated/α-hetero) is 1. The third-order valence-corrected chi connectivity index (χ3v) is 3.03. The Morgan fingerprint density at radius 3 is 2.26 bits per heavy atom. The lowest BCUT2D eigenvalue weighted by Gasteiger charge is -2.20. The molecule has 0 fully saturated rings. The largest absolute Gasteiger partial charge is 0.460 e. The molecule has 0 heterocycles. The van der Waals surface area contributed by atoms with Gasteiger partial charge in [0.05, 0.1) is 6.61 Å². The molecule has 0 saturated carbocycles. The van der Waals surface area contributed by atoms with Gasteiger partial charge in [-0.05, 0) is 64.8 Å². The third kappa shape index (κ3) is 5.39. The summed E-state index contributed by atoms with van der Waals surface area (Å²) in [4.78, 5) is 35.5. The molecule has 0 aliphatic rings. The van der Waals surface area contributed by atoms with Crippen LogP contribution in [0.4, 0.5) is 10.5 Å². The van der Waals surface area contributed by atoms with Crippen LogP contribution in [-0.2, 0) is 14.3 Å². The molecule has 0 bridgehead atoms. The summed E-state index contributed by atoms with van der Waals surface area (Å²) in [6, 6.07) is 3.04. The third-order valence-electron chi connectivity index (χ3n) is 3.03. The number of carbonyl (C=O) groups excluding carboxylic acids is 3. The summed E-state index contributed by atoms with van der Waals surface area (Å²) in [5, 5.41) is 2.61. The van der Waals surface area contributed by atoms with Crippen molar-refractivity contribution in [2.75, 3.05) is 11.9 Å². The minimum Gasteiger partial charge on any atom is -0.460 e. The van der Waals surface area contributed by atoms with Gasteiger partial charge in [-0.2, -0.15) is 0 Å². The van der Waals surface area contributed by atoms with Gasteiger partial charge in [0.25, 0.3) is 5.78 Å². The highest BCUT2D eigenvalue weighted by molar-refractivity contribution is 6.40. The fourth-order valence-electron chi connectivity index (χ4n) is 1.85. The number of hydrogen-bond acceptors (Lipinski definition) is 5. The average molecular weight is 321 g/mol. The van der Waals surface area contributed by atoms with Crippen molar-refractivity contribution in [3.8, 4) is 0 Å². The van der Waals surface area contributed by atoms with Crippen LogP contribution in [-0.4, -0.2) is 30.1 Å².